The number of carbonyl (C=O) groups excluding carboxylic acids is 3. The molecule has 1 saturated heterocycles. The molecule has 0 atom stereocenters. The van der Waals surface area contributed by atoms with Crippen molar-refractivity contribution < 1.29 is 19.1 Å². The molecule has 1 aliphatic heterocycles. The summed E-state index contributed by atoms with van der Waals surface area (Å²) in [5.41, 5.74) is 4.08. The molecule has 2 heterocycles. The molecule has 2 aromatic rings. The molecule has 0 unspecified atom stereocenters. The van der Waals surface area contributed by atoms with Crippen LogP contribution in [0.3, 0.4) is 0 Å². The van der Waals surface area contributed by atoms with Gasteiger partial charge in [0.15, 0.2) is 0 Å². The number of imide groups is 1. The maximum atomic E-state index is 12.4. The van der Waals surface area contributed by atoms with Crippen molar-refractivity contribution in [1.29, 1.82) is 0 Å². The fourth-order valence-corrected chi connectivity index (χ4v) is 3.99. The van der Waals surface area contributed by atoms with Crippen LogP contribution in [0.1, 0.15) is 34.2 Å². The zero-order valence-corrected chi connectivity index (χ0v) is 17.2. The highest BCUT2D eigenvalue weighted by Gasteiger charge is 2.34. The van der Waals surface area contributed by atoms with Crippen molar-refractivity contribution in [2.75, 3.05) is 13.2 Å². The van der Waals surface area contributed by atoms with Crippen molar-refractivity contribution >= 4 is 35.0 Å². The Morgan fingerprint density at radius 1 is 1.24 bits per heavy atom. The lowest BCUT2D eigenvalue weighted by Gasteiger charge is -2.10. The minimum Gasteiger partial charge on any atom is -0.462 e. The Labute approximate surface area is 173 Å². The highest BCUT2D eigenvalue weighted by Crippen LogP contribution is 2.33. The lowest BCUT2D eigenvalue weighted by molar-refractivity contribution is -0.122. The van der Waals surface area contributed by atoms with Crippen LogP contribution in [0.15, 0.2) is 35.2 Å². The summed E-state index contributed by atoms with van der Waals surface area (Å²) in [6.45, 7) is 5.94. The summed E-state index contributed by atoms with van der Waals surface area (Å²) in [5.74, 6) is 1.60. The van der Waals surface area contributed by atoms with Gasteiger partial charge in [-0.15, -0.1) is 6.42 Å². The van der Waals surface area contributed by atoms with Gasteiger partial charge in [-0.3, -0.25) is 14.5 Å². The number of thioether (sulfide) groups is 1. The molecule has 148 valence electrons. The number of rotatable bonds is 5. The van der Waals surface area contributed by atoms with E-state index in [2.05, 4.69) is 5.92 Å². The maximum absolute atomic E-state index is 12.4. The van der Waals surface area contributed by atoms with E-state index in [0.29, 0.717) is 17.1 Å². The largest absolute Gasteiger partial charge is 0.462 e. The standard InChI is InChI=1S/C22H20N2O4S/c1-5-11-23-20(25)19(29-22(23)27)13-17-12-14(3)24(15(17)4)18-9-7-16(8-10-18)21(26)28-6-2/h1,7-10,12-13H,6,11H2,2-4H3. The number of esters is 1. The van der Waals surface area contributed by atoms with Gasteiger partial charge < -0.3 is 9.30 Å². The first-order valence-electron chi connectivity index (χ1n) is 9.02. The molecule has 0 N–H and O–H groups in total. The van der Waals surface area contributed by atoms with Gasteiger partial charge in [-0.25, -0.2) is 4.79 Å². The molecular formula is C22H20N2O4S. The number of amides is 2. The number of hydrogen-bond acceptors (Lipinski definition) is 5. The predicted octanol–water partition coefficient (Wildman–Crippen LogP) is 3.94. The average molecular weight is 408 g/mol. The van der Waals surface area contributed by atoms with Gasteiger partial charge in [-0.05, 0) is 74.5 Å². The number of nitrogens with zero attached hydrogens (tertiary/aromatic N) is 2. The van der Waals surface area contributed by atoms with E-state index in [1.54, 1.807) is 25.1 Å². The first-order valence-corrected chi connectivity index (χ1v) is 9.84. The van der Waals surface area contributed by atoms with Crippen molar-refractivity contribution in [3.63, 3.8) is 0 Å². The summed E-state index contributed by atoms with van der Waals surface area (Å²) < 4.78 is 7.03. The highest BCUT2D eigenvalue weighted by molar-refractivity contribution is 8.18. The molecule has 1 aromatic carbocycles. The van der Waals surface area contributed by atoms with Crippen molar-refractivity contribution in [2.24, 2.45) is 0 Å². The van der Waals surface area contributed by atoms with E-state index in [-0.39, 0.29) is 23.7 Å². The monoisotopic (exact) mass is 408 g/mol. The first kappa shape index (κ1) is 20.5. The third kappa shape index (κ3) is 3.98. The van der Waals surface area contributed by atoms with Gasteiger partial charge in [0.25, 0.3) is 11.1 Å². The fourth-order valence-electron chi connectivity index (χ4n) is 3.16. The molecule has 0 spiro atoms. The van der Waals surface area contributed by atoms with Gasteiger partial charge in [0.2, 0.25) is 0 Å². The second kappa shape index (κ2) is 8.41. The quantitative estimate of drug-likeness (QED) is 0.426. The third-order valence-corrected chi connectivity index (χ3v) is 5.42. The number of carbonyl (C=O) groups is 3. The summed E-state index contributed by atoms with van der Waals surface area (Å²) in [7, 11) is 0. The van der Waals surface area contributed by atoms with Crippen molar-refractivity contribution in [3.05, 3.63) is 57.8 Å². The van der Waals surface area contributed by atoms with Crippen LogP contribution in [0.5, 0.6) is 0 Å². The fraction of sp³-hybridized carbons (Fsp3) is 0.227. The zero-order valence-electron chi connectivity index (χ0n) is 16.4. The van der Waals surface area contributed by atoms with Crippen LogP contribution in [0.25, 0.3) is 11.8 Å². The number of aryl methyl sites for hydroxylation is 1. The zero-order chi connectivity index (χ0) is 21.1. The van der Waals surface area contributed by atoms with Gasteiger partial charge in [0.1, 0.15) is 0 Å². The number of terminal acetylenes is 1. The van der Waals surface area contributed by atoms with Gasteiger partial charge in [0, 0.05) is 17.1 Å². The first-order chi connectivity index (χ1) is 13.9. The molecule has 1 aliphatic rings. The van der Waals surface area contributed by atoms with E-state index in [1.165, 1.54) is 0 Å². The Kier molecular flexibility index (Phi) is 5.95. The maximum Gasteiger partial charge on any atom is 0.338 e. The molecule has 0 bridgehead atoms. The van der Waals surface area contributed by atoms with Crippen LogP contribution >= 0.6 is 11.8 Å². The predicted molar refractivity (Wildman–Crippen MR) is 113 cm³/mol. The Balaban J connectivity index is 1.92. The Hall–Kier alpha value is -3.24. The highest BCUT2D eigenvalue weighted by atomic mass is 32.2. The SMILES string of the molecule is C#CCN1C(=O)SC(=Cc2cc(C)n(-c3ccc(C(=O)OCC)cc3)c2C)C1=O. The van der Waals surface area contributed by atoms with E-state index in [9.17, 15) is 14.4 Å². The molecule has 1 aromatic heterocycles. The van der Waals surface area contributed by atoms with Gasteiger partial charge in [0.05, 0.1) is 23.6 Å². The van der Waals surface area contributed by atoms with Crippen LogP contribution in [0.4, 0.5) is 4.79 Å². The second-order valence-electron chi connectivity index (χ2n) is 6.40. The number of hydrogen-bond donors (Lipinski definition) is 0. The van der Waals surface area contributed by atoms with Crippen LogP contribution < -0.4 is 0 Å². The molecular weight excluding hydrogens is 388 g/mol. The van der Waals surface area contributed by atoms with Gasteiger partial charge >= 0.3 is 5.97 Å². The minimum atomic E-state index is -0.374. The summed E-state index contributed by atoms with van der Waals surface area (Å²) >= 11 is 0.888. The lowest BCUT2D eigenvalue weighted by atomic mass is 10.2. The summed E-state index contributed by atoms with van der Waals surface area (Å²) in [4.78, 5) is 37.6. The summed E-state index contributed by atoms with van der Waals surface area (Å²) in [5, 5.41) is -0.359. The van der Waals surface area contributed by atoms with Crippen LogP contribution in [0.2, 0.25) is 0 Å². The van der Waals surface area contributed by atoms with Crippen LogP contribution in [-0.4, -0.2) is 39.7 Å². The van der Waals surface area contributed by atoms with Crippen LogP contribution in [0, 0.1) is 26.2 Å². The number of ether oxygens (including phenoxy) is 1. The smallest absolute Gasteiger partial charge is 0.338 e. The van der Waals surface area contributed by atoms with Crippen molar-refractivity contribution in [2.45, 2.75) is 20.8 Å². The van der Waals surface area contributed by atoms with Crippen molar-refractivity contribution in [1.82, 2.24) is 9.47 Å². The molecule has 29 heavy (non-hydrogen) atoms. The molecule has 7 heteroatoms. The third-order valence-electron chi connectivity index (χ3n) is 4.52. The Bertz CT molecular complexity index is 1060. The Morgan fingerprint density at radius 2 is 1.93 bits per heavy atom. The average Bonchev–Trinajstić information content (AvgIpc) is 3.12. The molecule has 3 rings (SSSR count). The summed E-state index contributed by atoms with van der Waals surface area (Å²) in [6, 6.07) is 9.07. The molecule has 0 aliphatic carbocycles. The topological polar surface area (TPSA) is 68.6 Å². The molecule has 0 saturated carbocycles. The van der Waals surface area contributed by atoms with E-state index < -0.39 is 0 Å². The molecule has 1 fully saturated rings. The molecule has 0 radical (unpaired) electrons. The lowest BCUT2D eigenvalue weighted by Crippen LogP contribution is -2.28. The molecule has 6 nitrogen and oxygen atoms in total. The van der Waals surface area contributed by atoms with E-state index >= 15 is 0 Å². The van der Waals surface area contributed by atoms with Gasteiger partial charge in [-0.1, -0.05) is 5.92 Å². The van der Waals surface area contributed by atoms with Crippen molar-refractivity contribution in [3.8, 4) is 18.0 Å². The number of benzene rings is 1. The number of aromatic nitrogens is 1. The Morgan fingerprint density at radius 3 is 2.55 bits per heavy atom. The van der Waals surface area contributed by atoms with E-state index in [0.717, 1.165) is 39.3 Å². The minimum absolute atomic E-state index is 0.0339. The summed E-state index contributed by atoms with van der Waals surface area (Å²) in [6.07, 6.45) is 6.95. The van der Waals surface area contributed by atoms with Crippen LogP contribution in [-0.2, 0) is 9.53 Å². The second-order valence-corrected chi connectivity index (χ2v) is 7.39. The van der Waals surface area contributed by atoms with E-state index in [4.69, 9.17) is 11.2 Å². The normalized spacial score (nSPS) is 15.1. The van der Waals surface area contributed by atoms with E-state index in [1.807, 2.05) is 36.6 Å². The molecule has 2 amide bonds. The van der Waals surface area contributed by atoms with Gasteiger partial charge in [-0.2, -0.15) is 0 Å².